The van der Waals surface area contributed by atoms with E-state index in [1.807, 2.05) is 24.3 Å². The maximum atomic E-state index is 5.36. The van der Waals surface area contributed by atoms with E-state index in [0.29, 0.717) is 0 Å². The van der Waals surface area contributed by atoms with Gasteiger partial charge in [-0.05, 0) is 103 Å². The highest BCUT2D eigenvalue weighted by Crippen LogP contribution is 2.38. The maximum Gasteiger partial charge on any atom is 0.145 e. The monoisotopic (exact) mass is 780 g/mol. The summed E-state index contributed by atoms with van der Waals surface area (Å²) in [6.07, 6.45) is 0. The van der Waals surface area contributed by atoms with Crippen molar-refractivity contribution in [3.8, 4) is 62.4 Å². The van der Waals surface area contributed by atoms with Crippen molar-refractivity contribution in [3.63, 3.8) is 0 Å². The zero-order valence-corrected chi connectivity index (χ0v) is 33.0. The van der Waals surface area contributed by atoms with E-state index < -0.39 is 0 Å². The molecule has 12 aromatic rings. The van der Waals surface area contributed by atoms with Crippen LogP contribution >= 0.6 is 0 Å². The molecule has 0 atom stereocenters. The minimum Gasteiger partial charge on any atom is -0.309 e. The molecular formula is C55H36N6. The summed E-state index contributed by atoms with van der Waals surface area (Å²) in [5, 5.41) is 2.49. The number of nitrogens with zero attached hydrogens (tertiary/aromatic N) is 6. The largest absolute Gasteiger partial charge is 0.309 e. The third kappa shape index (κ3) is 5.84. The molecule has 0 aliphatic heterocycles. The van der Waals surface area contributed by atoms with E-state index >= 15 is 0 Å². The molecule has 0 aliphatic rings. The summed E-state index contributed by atoms with van der Waals surface area (Å²) < 4.78 is 6.85. The summed E-state index contributed by atoms with van der Waals surface area (Å²) in [5.74, 6) is 1.68. The Kier molecular flexibility index (Phi) is 8.06. The first-order valence-electron chi connectivity index (χ1n) is 20.5. The molecule has 0 fully saturated rings. The average Bonchev–Trinajstić information content (AvgIpc) is 4.03. The first kappa shape index (κ1) is 34.7. The van der Waals surface area contributed by atoms with Gasteiger partial charge in [0.25, 0.3) is 0 Å². The van der Waals surface area contributed by atoms with Gasteiger partial charge >= 0.3 is 0 Å². The Hall–Kier alpha value is -8.35. The second kappa shape index (κ2) is 14.2. The summed E-state index contributed by atoms with van der Waals surface area (Å²) in [6.45, 7) is 0. The van der Waals surface area contributed by atoms with E-state index in [9.17, 15) is 0 Å². The molecule has 0 saturated carbocycles. The maximum absolute atomic E-state index is 5.36. The summed E-state index contributed by atoms with van der Waals surface area (Å²) in [7, 11) is 0. The van der Waals surface area contributed by atoms with Gasteiger partial charge in [-0.3, -0.25) is 9.13 Å². The quantitative estimate of drug-likeness (QED) is 0.162. The number of pyridine rings is 1. The molecule has 0 saturated heterocycles. The molecule has 6 nitrogen and oxygen atoms in total. The van der Waals surface area contributed by atoms with E-state index in [1.54, 1.807) is 0 Å². The van der Waals surface area contributed by atoms with Crippen LogP contribution in [0.3, 0.4) is 0 Å². The van der Waals surface area contributed by atoms with Crippen molar-refractivity contribution >= 4 is 43.9 Å². The highest BCUT2D eigenvalue weighted by molar-refractivity contribution is 6.09. The summed E-state index contributed by atoms with van der Waals surface area (Å²) >= 11 is 0. The minimum absolute atomic E-state index is 0.842. The molecular weight excluding hydrogens is 745 g/mol. The minimum atomic E-state index is 0.842. The smallest absolute Gasteiger partial charge is 0.145 e. The number of para-hydroxylation sites is 8. The lowest BCUT2D eigenvalue weighted by Crippen LogP contribution is -2.00. The highest BCUT2D eigenvalue weighted by Gasteiger charge is 2.21. The van der Waals surface area contributed by atoms with Crippen LogP contribution < -0.4 is 0 Å². The number of hydrogen-bond donors (Lipinski definition) is 0. The van der Waals surface area contributed by atoms with Crippen LogP contribution in [0.5, 0.6) is 0 Å². The van der Waals surface area contributed by atoms with Crippen molar-refractivity contribution in [2.24, 2.45) is 0 Å². The number of rotatable bonds is 7. The van der Waals surface area contributed by atoms with Crippen LogP contribution in [-0.4, -0.2) is 28.7 Å². The predicted octanol–water partition coefficient (Wildman–Crippen LogP) is 13.5. The van der Waals surface area contributed by atoms with Gasteiger partial charge in [-0.1, -0.05) is 115 Å². The lowest BCUT2D eigenvalue weighted by Gasteiger charge is -2.15. The standard InChI is InChI=1S/C55H36N6/c1-3-16-41(17-4-1)60-52-28-13-9-22-48(52)57-54(60)39-34-38(35-40(36-39)55-58-49-23-10-14-29-53(49)61(55)42-18-5-2-6-19-42)47-25-15-24-46(56-47)37-30-32-43(33-31-37)59-50-26-11-7-20-44(50)45-21-8-12-27-51(45)59/h1-36H. The van der Waals surface area contributed by atoms with Gasteiger partial charge in [-0.2, -0.15) is 0 Å². The van der Waals surface area contributed by atoms with Crippen molar-refractivity contribution in [1.82, 2.24) is 28.7 Å². The van der Waals surface area contributed by atoms with E-state index in [4.69, 9.17) is 15.0 Å². The van der Waals surface area contributed by atoms with Crippen LogP contribution in [0.2, 0.25) is 0 Å². The van der Waals surface area contributed by atoms with E-state index in [2.05, 4.69) is 208 Å². The average molecular weight is 781 g/mol. The molecule has 8 aromatic carbocycles. The van der Waals surface area contributed by atoms with Crippen LogP contribution in [-0.2, 0) is 0 Å². The van der Waals surface area contributed by atoms with Gasteiger partial charge < -0.3 is 4.57 Å². The van der Waals surface area contributed by atoms with E-state index in [1.165, 1.54) is 21.8 Å². The normalized spacial score (nSPS) is 11.6. The first-order chi connectivity index (χ1) is 30.2. The van der Waals surface area contributed by atoms with Crippen molar-refractivity contribution in [2.75, 3.05) is 0 Å². The molecule has 0 unspecified atom stereocenters. The van der Waals surface area contributed by atoms with Gasteiger partial charge in [-0.15, -0.1) is 0 Å². The molecule has 0 spiro atoms. The first-order valence-corrected chi connectivity index (χ1v) is 20.5. The van der Waals surface area contributed by atoms with E-state index in [0.717, 1.165) is 84.4 Å². The molecule has 4 heterocycles. The summed E-state index contributed by atoms with van der Waals surface area (Å²) in [4.78, 5) is 16.0. The lowest BCUT2D eigenvalue weighted by molar-refractivity contribution is 1.09. The Morgan fingerprint density at radius 3 is 1.20 bits per heavy atom. The molecule has 0 radical (unpaired) electrons. The number of fused-ring (bicyclic) bond motifs is 5. The van der Waals surface area contributed by atoms with Crippen LogP contribution in [0.15, 0.2) is 218 Å². The van der Waals surface area contributed by atoms with E-state index in [-0.39, 0.29) is 0 Å². The molecule has 0 amide bonds. The molecule has 61 heavy (non-hydrogen) atoms. The molecule has 0 aliphatic carbocycles. The fourth-order valence-corrected chi connectivity index (χ4v) is 8.89. The van der Waals surface area contributed by atoms with Crippen molar-refractivity contribution in [3.05, 3.63) is 218 Å². The Morgan fingerprint density at radius 1 is 0.262 bits per heavy atom. The van der Waals surface area contributed by atoms with Crippen molar-refractivity contribution in [2.45, 2.75) is 0 Å². The van der Waals surface area contributed by atoms with Crippen LogP contribution in [0.4, 0.5) is 0 Å². The van der Waals surface area contributed by atoms with Gasteiger partial charge in [0.1, 0.15) is 11.6 Å². The third-order valence-electron chi connectivity index (χ3n) is 11.6. The zero-order valence-electron chi connectivity index (χ0n) is 33.0. The van der Waals surface area contributed by atoms with Gasteiger partial charge in [0.05, 0.1) is 44.5 Å². The number of aromatic nitrogens is 6. The number of hydrogen-bond acceptors (Lipinski definition) is 3. The summed E-state index contributed by atoms with van der Waals surface area (Å²) in [6, 6.07) is 76.5. The SMILES string of the molecule is c1ccc(-n2c(-c3cc(-c4cccc(-c5ccc(-n6c7ccccc7c7ccccc76)cc5)n4)cc(-c4nc5ccccc5n4-c4ccccc4)c3)nc3ccccc32)cc1. The Bertz CT molecular complexity index is 3390. The van der Waals surface area contributed by atoms with Gasteiger partial charge in [0.15, 0.2) is 0 Å². The molecule has 6 heteroatoms. The van der Waals surface area contributed by atoms with Gasteiger partial charge in [0, 0.05) is 50.1 Å². The fourth-order valence-electron chi connectivity index (χ4n) is 8.89. The molecule has 0 N–H and O–H groups in total. The molecule has 4 aromatic heterocycles. The molecule has 286 valence electrons. The van der Waals surface area contributed by atoms with Crippen LogP contribution in [0.1, 0.15) is 0 Å². The Balaban J connectivity index is 1.04. The topological polar surface area (TPSA) is 53.5 Å². The number of imidazole rings is 2. The third-order valence-corrected chi connectivity index (χ3v) is 11.6. The lowest BCUT2D eigenvalue weighted by atomic mass is 10.0. The molecule has 0 bridgehead atoms. The second-order valence-corrected chi connectivity index (χ2v) is 15.3. The Labute approximate surface area is 351 Å². The fraction of sp³-hybridized carbons (Fsp3) is 0. The van der Waals surface area contributed by atoms with Crippen LogP contribution in [0, 0.1) is 0 Å². The van der Waals surface area contributed by atoms with Crippen LogP contribution in [0.25, 0.3) is 106 Å². The summed E-state index contributed by atoms with van der Waals surface area (Å²) in [5.41, 5.74) is 15.2. The second-order valence-electron chi connectivity index (χ2n) is 15.3. The number of benzene rings is 8. The highest BCUT2D eigenvalue weighted by atomic mass is 15.1. The van der Waals surface area contributed by atoms with Gasteiger partial charge in [-0.25, -0.2) is 15.0 Å². The molecule has 12 rings (SSSR count). The van der Waals surface area contributed by atoms with Gasteiger partial charge in [0.2, 0.25) is 0 Å². The predicted molar refractivity (Wildman–Crippen MR) is 250 cm³/mol. The zero-order chi connectivity index (χ0) is 40.3. The van der Waals surface area contributed by atoms with Crippen molar-refractivity contribution < 1.29 is 0 Å². The van der Waals surface area contributed by atoms with Crippen molar-refractivity contribution in [1.29, 1.82) is 0 Å². The Morgan fingerprint density at radius 2 is 0.672 bits per heavy atom.